The summed E-state index contributed by atoms with van der Waals surface area (Å²) in [6.07, 6.45) is 0.0646. The van der Waals surface area contributed by atoms with Crippen molar-refractivity contribution < 1.29 is 9.53 Å². The maximum atomic E-state index is 12.5. The maximum Gasteiger partial charge on any atom is 0.194 e. The van der Waals surface area contributed by atoms with E-state index in [-0.39, 0.29) is 11.9 Å². The van der Waals surface area contributed by atoms with E-state index in [1.54, 1.807) is 36.4 Å². The summed E-state index contributed by atoms with van der Waals surface area (Å²) in [5.74, 6) is 0.558. The highest BCUT2D eigenvalue weighted by molar-refractivity contribution is 9.10. The molecule has 0 heterocycles. The fraction of sp³-hybridized carbons (Fsp3) is 0.188. The van der Waals surface area contributed by atoms with Crippen LogP contribution in [-0.2, 0) is 0 Å². The van der Waals surface area contributed by atoms with Gasteiger partial charge in [-0.2, -0.15) is 0 Å². The van der Waals surface area contributed by atoms with Crippen LogP contribution in [0, 0.1) is 0 Å². The fourth-order valence-corrected chi connectivity index (χ4v) is 2.40. The minimum absolute atomic E-state index is 0.0646. The number of rotatable bonds is 4. The van der Waals surface area contributed by atoms with E-state index in [1.165, 1.54) is 0 Å². The summed E-state index contributed by atoms with van der Waals surface area (Å²) in [4.78, 5) is 12.5. The van der Waals surface area contributed by atoms with Gasteiger partial charge < -0.3 is 4.74 Å². The molecular formula is C16H14BrClO2. The van der Waals surface area contributed by atoms with Gasteiger partial charge in [0.2, 0.25) is 0 Å². The molecule has 0 unspecified atom stereocenters. The predicted molar refractivity (Wildman–Crippen MR) is 84.8 cm³/mol. The fourth-order valence-electron chi connectivity index (χ4n) is 1.82. The van der Waals surface area contributed by atoms with Crippen molar-refractivity contribution in [1.29, 1.82) is 0 Å². The summed E-state index contributed by atoms with van der Waals surface area (Å²) in [6, 6.07) is 12.4. The second kappa shape index (κ2) is 6.42. The number of halogens is 2. The predicted octanol–water partition coefficient (Wildman–Crippen LogP) is 5.12. The monoisotopic (exact) mass is 352 g/mol. The van der Waals surface area contributed by atoms with Crippen LogP contribution in [0.15, 0.2) is 46.9 Å². The van der Waals surface area contributed by atoms with E-state index in [0.717, 1.165) is 0 Å². The van der Waals surface area contributed by atoms with E-state index >= 15 is 0 Å². The Kier molecular flexibility index (Phi) is 4.84. The van der Waals surface area contributed by atoms with Crippen LogP contribution in [0.1, 0.15) is 29.8 Å². The first-order valence-corrected chi connectivity index (χ1v) is 7.41. The van der Waals surface area contributed by atoms with Crippen LogP contribution >= 0.6 is 27.5 Å². The maximum absolute atomic E-state index is 12.5. The molecule has 20 heavy (non-hydrogen) atoms. The number of ketones is 1. The van der Waals surface area contributed by atoms with Crippen LogP contribution in [0.25, 0.3) is 0 Å². The molecule has 0 aromatic heterocycles. The molecule has 2 aromatic rings. The second-order valence-corrected chi connectivity index (χ2v) is 5.86. The van der Waals surface area contributed by atoms with Crippen LogP contribution in [-0.4, -0.2) is 11.9 Å². The van der Waals surface area contributed by atoms with E-state index in [9.17, 15) is 4.79 Å². The Balaban J connectivity index is 2.36. The molecule has 0 spiro atoms. The second-order valence-electron chi connectivity index (χ2n) is 4.62. The normalized spacial score (nSPS) is 10.7. The Labute approximate surface area is 131 Å². The van der Waals surface area contributed by atoms with Crippen LogP contribution in [0.4, 0.5) is 0 Å². The number of ether oxygens (including phenoxy) is 1. The molecule has 0 atom stereocenters. The van der Waals surface area contributed by atoms with Gasteiger partial charge in [0, 0.05) is 15.6 Å². The average Bonchev–Trinajstić information content (AvgIpc) is 2.41. The van der Waals surface area contributed by atoms with Crippen LogP contribution in [0.3, 0.4) is 0 Å². The number of hydrogen-bond acceptors (Lipinski definition) is 2. The summed E-state index contributed by atoms with van der Waals surface area (Å²) < 4.78 is 6.31. The van der Waals surface area contributed by atoms with Crippen molar-refractivity contribution in [2.75, 3.05) is 0 Å². The SMILES string of the molecule is CC(C)Oc1cccc(C(=O)c2cccc(Br)c2Cl)c1. The Morgan fingerprint density at radius 1 is 1.20 bits per heavy atom. The molecule has 4 heteroatoms. The zero-order valence-electron chi connectivity index (χ0n) is 11.2. The third-order valence-electron chi connectivity index (χ3n) is 2.66. The van der Waals surface area contributed by atoms with Crippen LogP contribution in [0.2, 0.25) is 5.02 Å². The Bertz CT molecular complexity index is 638. The lowest BCUT2D eigenvalue weighted by Gasteiger charge is -2.11. The highest BCUT2D eigenvalue weighted by Crippen LogP contribution is 2.28. The van der Waals surface area contributed by atoms with E-state index in [2.05, 4.69) is 15.9 Å². The van der Waals surface area contributed by atoms with Gasteiger partial charge in [-0.05, 0) is 54.0 Å². The Morgan fingerprint density at radius 2 is 1.90 bits per heavy atom. The molecule has 104 valence electrons. The first kappa shape index (κ1) is 15.1. The molecule has 0 saturated heterocycles. The quantitative estimate of drug-likeness (QED) is 0.713. The van der Waals surface area contributed by atoms with Gasteiger partial charge in [0.1, 0.15) is 5.75 Å². The molecule has 0 radical (unpaired) electrons. The van der Waals surface area contributed by atoms with Crippen molar-refractivity contribution >= 4 is 33.3 Å². The lowest BCUT2D eigenvalue weighted by atomic mass is 10.0. The van der Waals surface area contributed by atoms with Gasteiger partial charge in [0.25, 0.3) is 0 Å². The highest BCUT2D eigenvalue weighted by atomic mass is 79.9. The van der Waals surface area contributed by atoms with Crippen molar-refractivity contribution in [1.82, 2.24) is 0 Å². The molecule has 0 saturated carbocycles. The minimum atomic E-state index is -0.120. The standard InChI is InChI=1S/C16H14BrClO2/c1-10(2)20-12-6-3-5-11(9-12)16(19)13-7-4-8-14(17)15(13)18/h3-10H,1-2H3. The van der Waals surface area contributed by atoms with Gasteiger partial charge in [-0.25, -0.2) is 0 Å². The summed E-state index contributed by atoms with van der Waals surface area (Å²) >= 11 is 9.49. The zero-order chi connectivity index (χ0) is 14.7. The van der Waals surface area contributed by atoms with Crippen molar-refractivity contribution in [2.45, 2.75) is 20.0 Å². The first-order valence-electron chi connectivity index (χ1n) is 6.24. The lowest BCUT2D eigenvalue weighted by molar-refractivity contribution is 0.103. The third kappa shape index (κ3) is 3.41. The molecule has 0 aliphatic rings. The van der Waals surface area contributed by atoms with Crippen molar-refractivity contribution in [3.05, 3.63) is 63.1 Å². The number of carbonyl (C=O) groups is 1. The Hall–Kier alpha value is -1.32. The van der Waals surface area contributed by atoms with Gasteiger partial charge >= 0.3 is 0 Å². The smallest absolute Gasteiger partial charge is 0.194 e. The minimum Gasteiger partial charge on any atom is -0.491 e. The highest BCUT2D eigenvalue weighted by Gasteiger charge is 2.15. The molecule has 2 aromatic carbocycles. The van der Waals surface area contributed by atoms with Gasteiger partial charge in [-0.15, -0.1) is 0 Å². The Morgan fingerprint density at radius 3 is 2.60 bits per heavy atom. The molecule has 0 aliphatic heterocycles. The van der Waals surface area contributed by atoms with Crippen molar-refractivity contribution in [3.8, 4) is 5.75 Å². The molecule has 0 N–H and O–H groups in total. The number of carbonyl (C=O) groups excluding carboxylic acids is 1. The van der Waals surface area contributed by atoms with E-state index in [4.69, 9.17) is 16.3 Å². The van der Waals surface area contributed by atoms with Gasteiger partial charge in [0.15, 0.2) is 5.78 Å². The van der Waals surface area contributed by atoms with Crippen LogP contribution in [0.5, 0.6) is 5.75 Å². The molecular weight excluding hydrogens is 340 g/mol. The molecule has 0 fully saturated rings. The number of hydrogen-bond donors (Lipinski definition) is 0. The molecule has 0 aliphatic carbocycles. The van der Waals surface area contributed by atoms with E-state index < -0.39 is 0 Å². The van der Waals surface area contributed by atoms with Gasteiger partial charge in [-0.3, -0.25) is 4.79 Å². The third-order valence-corrected chi connectivity index (χ3v) is 3.96. The molecule has 0 amide bonds. The number of benzene rings is 2. The van der Waals surface area contributed by atoms with Crippen LogP contribution < -0.4 is 4.74 Å². The van der Waals surface area contributed by atoms with Gasteiger partial charge in [-0.1, -0.05) is 29.8 Å². The lowest BCUT2D eigenvalue weighted by Crippen LogP contribution is -2.07. The van der Waals surface area contributed by atoms with Crippen molar-refractivity contribution in [3.63, 3.8) is 0 Å². The largest absolute Gasteiger partial charge is 0.491 e. The van der Waals surface area contributed by atoms with E-state index in [1.807, 2.05) is 19.9 Å². The average molecular weight is 354 g/mol. The zero-order valence-corrected chi connectivity index (χ0v) is 13.5. The molecule has 2 nitrogen and oxygen atoms in total. The summed E-state index contributed by atoms with van der Waals surface area (Å²) in [5.41, 5.74) is 1.03. The topological polar surface area (TPSA) is 26.3 Å². The van der Waals surface area contributed by atoms with E-state index in [0.29, 0.717) is 26.4 Å². The summed E-state index contributed by atoms with van der Waals surface area (Å²) in [5, 5.41) is 0.424. The summed E-state index contributed by atoms with van der Waals surface area (Å²) in [6.45, 7) is 3.89. The summed E-state index contributed by atoms with van der Waals surface area (Å²) in [7, 11) is 0. The van der Waals surface area contributed by atoms with Gasteiger partial charge in [0.05, 0.1) is 11.1 Å². The molecule has 0 bridgehead atoms. The molecule has 2 rings (SSSR count). The first-order chi connectivity index (χ1) is 9.49. The van der Waals surface area contributed by atoms with Crippen molar-refractivity contribution in [2.24, 2.45) is 0 Å².